The molecule has 0 aliphatic heterocycles. The number of carbonyl (C=O) groups is 1. The lowest BCUT2D eigenvalue weighted by Crippen LogP contribution is -2.23. The number of nitrogens with one attached hydrogen (secondary N) is 1. The Balaban J connectivity index is 1.68. The molecule has 1 aliphatic carbocycles. The van der Waals surface area contributed by atoms with Gasteiger partial charge in [-0.3, -0.25) is 4.79 Å². The highest BCUT2D eigenvalue weighted by Crippen LogP contribution is 2.40. The molecule has 1 N–H and O–H groups in total. The second kappa shape index (κ2) is 7.27. The van der Waals surface area contributed by atoms with Crippen LogP contribution in [0.4, 0.5) is 5.69 Å². The van der Waals surface area contributed by atoms with Gasteiger partial charge in [0.1, 0.15) is 5.82 Å². The van der Waals surface area contributed by atoms with Gasteiger partial charge in [0, 0.05) is 16.9 Å². The molecule has 24 heavy (non-hydrogen) atoms. The molecule has 0 unspecified atom stereocenters. The first-order chi connectivity index (χ1) is 11.5. The molecular weight excluding hydrogens is 388 g/mol. The number of hydrogen-bond donors (Lipinski definition) is 1. The van der Waals surface area contributed by atoms with Crippen molar-refractivity contribution in [2.45, 2.75) is 56.5 Å². The zero-order valence-corrected chi connectivity index (χ0v) is 16.4. The first-order valence-corrected chi connectivity index (χ1v) is 9.83. The summed E-state index contributed by atoms with van der Waals surface area (Å²) in [6.45, 7) is 6.84. The minimum absolute atomic E-state index is 0.0387. The van der Waals surface area contributed by atoms with Crippen molar-refractivity contribution in [3.05, 3.63) is 34.1 Å². The van der Waals surface area contributed by atoms with Gasteiger partial charge in [0.2, 0.25) is 5.91 Å². The van der Waals surface area contributed by atoms with E-state index in [2.05, 4.69) is 42.9 Å². The maximum atomic E-state index is 12.5. The largest absolute Gasteiger partial charge is 0.324 e. The molecule has 0 saturated heterocycles. The average molecular weight is 409 g/mol. The fraction of sp³-hybridized carbons (Fsp3) is 0.471. The molecule has 3 rings (SSSR count). The van der Waals surface area contributed by atoms with E-state index in [0.717, 1.165) is 33.2 Å². The molecule has 128 valence electrons. The van der Waals surface area contributed by atoms with E-state index >= 15 is 0 Å². The van der Waals surface area contributed by atoms with E-state index in [1.165, 1.54) is 24.6 Å². The molecule has 7 heteroatoms. The zero-order valence-electron chi connectivity index (χ0n) is 14.0. The SMILES string of the molecule is CCn1c(S[C@@H](C)C(=O)Nc2ccc(C)cc2Br)nnc1C1CC1. The summed E-state index contributed by atoms with van der Waals surface area (Å²) in [7, 11) is 0. The van der Waals surface area contributed by atoms with E-state index in [-0.39, 0.29) is 11.2 Å². The van der Waals surface area contributed by atoms with Crippen LogP contribution in [0.5, 0.6) is 0 Å². The summed E-state index contributed by atoms with van der Waals surface area (Å²) >= 11 is 4.95. The molecule has 1 aliphatic rings. The van der Waals surface area contributed by atoms with Gasteiger partial charge >= 0.3 is 0 Å². The lowest BCUT2D eigenvalue weighted by molar-refractivity contribution is -0.115. The molecule has 5 nitrogen and oxygen atoms in total. The number of rotatable bonds is 6. The van der Waals surface area contributed by atoms with E-state index in [1.54, 1.807) is 0 Å². The van der Waals surface area contributed by atoms with Gasteiger partial charge in [0.25, 0.3) is 0 Å². The normalized spacial score (nSPS) is 15.3. The smallest absolute Gasteiger partial charge is 0.237 e. The number of amides is 1. The summed E-state index contributed by atoms with van der Waals surface area (Å²) < 4.78 is 3.02. The van der Waals surface area contributed by atoms with Gasteiger partial charge in [0.05, 0.1) is 10.9 Å². The summed E-state index contributed by atoms with van der Waals surface area (Å²) in [5.74, 6) is 1.58. The minimum atomic E-state index is -0.250. The number of nitrogens with zero attached hydrogens (tertiary/aromatic N) is 3. The molecule has 1 aromatic carbocycles. The van der Waals surface area contributed by atoms with Crippen molar-refractivity contribution in [2.75, 3.05) is 5.32 Å². The lowest BCUT2D eigenvalue weighted by Gasteiger charge is -2.13. The molecule has 1 saturated carbocycles. The Labute approximate surface area is 154 Å². The average Bonchev–Trinajstić information content (AvgIpc) is 3.31. The molecule has 1 fully saturated rings. The van der Waals surface area contributed by atoms with Crippen LogP contribution < -0.4 is 5.32 Å². The highest BCUT2D eigenvalue weighted by Gasteiger charge is 2.30. The summed E-state index contributed by atoms with van der Waals surface area (Å²) in [6, 6.07) is 5.88. The summed E-state index contributed by atoms with van der Waals surface area (Å²) in [4.78, 5) is 12.5. The maximum Gasteiger partial charge on any atom is 0.237 e. The third-order valence-corrected chi connectivity index (χ3v) is 5.77. The molecule has 1 heterocycles. The number of aryl methyl sites for hydroxylation is 1. The Kier molecular flexibility index (Phi) is 5.30. The number of carbonyl (C=O) groups excluding carboxylic acids is 1. The standard InChI is InChI=1S/C17H21BrN4OS/c1-4-22-15(12-6-7-12)20-21-17(22)24-11(3)16(23)19-14-8-5-10(2)9-13(14)18/h5,8-9,11-12H,4,6-7H2,1-3H3,(H,19,23)/t11-/m0/s1. The van der Waals surface area contributed by atoms with Crippen LogP contribution in [-0.4, -0.2) is 25.9 Å². The number of hydrogen-bond acceptors (Lipinski definition) is 4. The van der Waals surface area contributed by atoms with Crippen LogP contribution in [0.2, 0.25) is 0 Å². The van der Waals surface area contributed by atoms with Gasteiger partial charge in [-0.25, -0.2) is 0 Å². The summed E-state index contributed by atoms with van der Waals surface area (Å²) in [6.07, 6.45) is 2.39. The van der Waals surface area contributed by atoms with E-state index in [9.17, 15) is 4.79 Å². The zero-order chi connectivity index (χ0) is 17.3. The Morgan fingerprint density at radius 2 is 2.21 bits per heavy atom. The van der Waals surface area contributed by atoms with E-state index in [1.807, 2.05) is 32.0 Å². The van der Waals surface area contributed by atoms with Crippen LogP contribution in [0, 0.1) is 6.92 Å². The van der Waals surface area contributed by atoms with Gasteiger partial charge in [-0.1, -0.05) is 17.8 Å². The predicted octanol–water partition coefficient (Wildman–Crippen LogP) is 4.37. The first-order valence-electron chi connectivity index (χ1n) is 8.16. The summed E-state index contributed by atoms with van der Waals surface area (Å²) in [5, 5.41) is 12.2. The number of aromatic nitrogens is 3. The predicted molar refractivity (Wildman–Crippen MR) is 100 cm³/mol. The molecule has 0 bridgehead atoms. The second-order valence-electron chi connectivity index (χ2n) is 6.09. The Bertz CT molecular complexity index is 757. The third-order valence-electron chi connectivity index (χ3n) is 4.04. The van der Waals surface area contributed by atoms with Gasteiger partial charge in [-0.05, 0) is 67.2 Å². The van der Waals surface area contributed by atoms with Crippen molar-refractivity contribution in [1.82, 2.24) is 14.8 Å². The lowest BCUT2D eigenvalue weighted by atomic mass is 10.2. The topological polar surface area (TPSA) is 59.8 Å². The van der Waals surface area contributed by atoms with Crippen molar-refractivity contribution in [1.29, 1.82) is 0 Å². The maximum absolute atomic E-state index is 12.5. The van der Waals surface area contributed by atoms with Crippen molar-refractivity contribution >= 4 is 39.3 Å². The van der Waals surface area contributed by atoms with Gasteiger partial charge in [-0.2, -0.15) is 0 Å². The van der Waals surface area contributed by atoms with E-state index in [4.69, 9.17) is 0 Å². The fourth-order valence-electron chi connectivity index (χ4n) is 2.50. The molecular formula is C17H21BrN4OS. The van der Waals surface area contributed by atoms with Crippen molar-refractivity contribution in [3.63, 3.8) is 0 Å². The second-order valence-corrected chi connectivity index (χ2v) is 8.25. The molecule has 0 radical (unpaired) electrons. The van der Waals surface area contributed by atoms with Gasteiger partial charge in [0.15, 0.2) is 5.16 Å². The van der Waals surface area contributed by atoms with Crippen LogP contribution in [0.15, 0.2) is 27.8 Å². The minimum Gasteiger partial charge on any atom is -0.324 e. The Morgan fingerprint density at radius 3 is 2.83 bits per heavy atom. The third kappa shape index (κ3) is 3.83. The summed E-state index contributed by atoms with van der Waals surface area (Å²) in [5.41, 5.74) is 1.93. The van der Waals surface area contributed by atoms with E-state index < -0.39 is 0 Å². The van der Waals surface area contributed by atoms with Crippen LogP contribution in [0.25, 0.3) is 0 Å². The van der Waals surface area contributed by atoms with E-state index in [0.29, 0.717) is 5.92 Å². The van der Waals surface area contributed by atoms with Crippen molar-refractivity contribution < 1.29 is 4.79 Å². The highest BCUT2D eigenvalue weighted by atomic mass is 79.9. The Morgan fingerprint density at radius 1 is 1.46 bits per heavy atom. The quantitative estimate of drug-likeness (QED) is 0.720. The monoisotopic (exact) mass is 408 g/mol. The van der Waals surface area contributed by atoms with Gasteiger partial charge < -0.3 is 9.88 Å². The van der Waals surface area contributed by atoms with Crippen molar-refractivity contribution in [3.8, 4) is 0 Å². The number of thioether (sulfide) groups is 1. The van der Waals surface area contributed by atoms with Crippen LogP contribution in [0.1, 0.15) is 44.0 Å². The van der Waals surface area contributed by atoms with Gasteiger partial charge in [-0.15, -0.1) is 10.2 Å². The molecule has 1 aromatic heterocycles. The van der Waals surface area contributed by atoms with Crippen LogP contribution >= 0.6 is 27.7 Å². The van der Waals surface area contributed by atoms with Crippen molar-refractivity contribution in [2.24, 2.45) is 0 Å². The highest BCUT2D eigenvalue weighted by molar-refractivity contribution is 9.10. The number of anilines is 1. The fourth-order valence-corrected chi connectivity index (χ4v) is 4.01. The molecule has 1 atom stereocenters. The molecule has 0 spiro atoms. The number of benzene rings is 1. The first kappa shape index (κ1) is 17.5. The van der Waals surface area contributed by atoms with Crippen LogP contribution in [0.3, 0.4) is 0 Å². The Hall–Kier alpha value is -1.34. The molecule has 1 amide bonds. The number of halogens is 1. The van der Waals surface area contributed by atoms with Crippen LogP contribution in [-0.2, 0) is 11.3 Å². The molecule has 2 aromatic rings.